The molecule has 0 radical (unpaired) electrons. The first-order valence-corrected chi connectivity index (χ1v) is 2.82. The van der Waals surface area contributed by atoms with Gasteiger partial charge in [-0.05, 0) is 13.8 Å². The minimum Gasteiger partial charge on any atom is -0.394 e. The van der Waals surface area contributed by atoms with Crippen LogP contribution in [0.25, 0.3) is 0 Å². The molecular weight excluding hydrogens is 118 g/mol. The van der Waals surface area contributed by atoms with Crippen LogP contribution in [0.5, 0.6) is 0 Å². The van der Waals surface area contributed by atoms with Gasteiger partial charge in [-0.3, -0.25) is 0 Å². The van der Waals surface area contributed by atoms with Crippen molar-refractivity contribution in [3.05, 3.63) is 0 Å². The number of rotatable bonds is 1. The van der Waals surface area contributed by atoms with Crippen LogP contribution in [0.1, 0.15) is 13.8 Å². The Morgan fingerprint density at radius 3 is 2.78 bits per heavy atom. The second kappa shape index (κ2) is 1.83. The highest BCUT2D eigenvalue weighted by atomic mass is 16.6. The van der Waals surface area contributed by atoms with Gasteiger partial charge in [0.2, 0.25) is 0 Å². The normalized spacial score (nSPS) is 33.3. The predicted molar refractivity (Wildman–Crippen MR) is 33.2 cm³/mol. The second-order valence-electron chi connectivity index (χ2n) is 2.49. The fourth-order valence-electron chi connectivity index (χ4n) is 0.591. The van der Waals surface area contributed by atoms with Crippen LogP contribution in [0.4, 0.5) is 0 Å². The lowest BCUT2D eigenvalue weighted by molar-refractivity contribution is -0.113. The molecule has 0 saturated carbocycles. The first-order chi connectivity index (χ1) is 4.19. The van der Waals surface area contributed by atoms with Gasteiger partial charge in [-0.2, -0.15) is 0 Å². The van der Waals surface area contributed by atoms with Gasteiger partial charge >= 0.3 is 0 Å². The first-order valence-electron chi connectivity index (χ1n) is 2.82. The van der Waals surface area contributed by atoms with Crippen molar-refractivity contribution in [3.63, 3.8) is 0 Å². The quantitative estimate of drug-likeness (QED) is 0.484. The van der Waals surface area contributed by atoms with Crippen molar-refractivity contribution in [2.24, 2.45) is 10.6 Å². The summed E-state index contributed by atoms with van der Waals surface area (Å²) in [7, 11) is 0. The number of carbonyl (C=O) groups is 1. The Morgan fingerprint density at radius 1 is 1.89 bits per heavy atom. The maximum Gasteiger partial charge on any atom is 0.135 e. The summed E-state index contributed by atoms with van der Waals surface area (Å²) in [5, 5.41) is 3.65. The Kier molecular flexibility index (Phi) is 1.27. The molecule has 0 aliphatic carbocycles. The summed E-state index contributed by atoms with van der Waals surface area (Å²) >= 11 is 0. The van der Waals surface area contributed by atoms with Crippen LogP contribution in [0.2, 0.25) is 0 Å². The van der Waals surface area contributed by atoms with Crippen LogP contribution < -0.4 is 0 Å². The maximum absolute atomic E-state index is 10.4. The standard InChI is InChI=1S/C6H9NO2/c1-5-6(2,3-8)4-9-7-5/h3H,4H2,1-2H3. The molecule has 0 fully saturated rings. The van der Waals surface area contributed by atoms with Crippen LogP contribution >= 0.6 is 0 Å². The van der Waals surface area contributed by atoms with Crippen molar-refractivity contribution in [3.8, 4) is 0 Å². The fraction of sp³-hybridized carbons (Fsp3) is 0.667. The SMILES string of the molecule is CC1=NOCC1(C)C=O. The molecule has 1 aliphatic rings. The Balaban J connectivity index is 2.82. The number of nitrogens with zero attached hydrogens (tertiary/aromatic N) is 1. The molecule has 0 amide bonds. The minimum atomic E-state index is -0.458. The van der Waals surface area contributed by atoms with E-state index in [0.717, 1.165) is 12.0 Å². The summed E-state index contributed by atoms with van der Waals surface area (Å²) in [6.07, 6.45) is 0.874. The smallest absolute Gasteiger partial charge is 0.135 e. The molecule has 1 rings (SSSR count). The van der Waals surface area contributed by atoms with Crippen molar-refractivity contribution >= 4 is 12.0 Å². The van der Waals surface area contributed by atoms with Gasteiger partial charge in [-0.1, -0.05) is 5.16 Å². The molecule has 0 aromatic rings. The fourth-order valence-corrected chi connectivity index (χ4v) is 0.591. The molecule has 0 bridgehead atoms. The predicted octanol–water partition coefficient (Wildman–Crippen LogP) is 0.598. The van der Waals surface area contributed by atoms with Crippen molar-refractivity contribution < 1.29 is 9.63 Å². The van der Waals surface area contributed by atoms with Gasteiger partial charge in [0, 0.05) is 0 Å². The number of carbonyl (C=O) groups excluding carboxylic acids is 1. The van der Waals surface area contributed by atoms with E-state index in [1.807, 2.05) is 6.92 Å². The van der Waals surface area contributed by atoms with Crippen LogP contribution in [0, 0.1) is 5.41 Å². The van der Waals surface area contributed by atoms with E-state index in [1.54, 1.807) is 6.92 Å². The van der Waals surface area contributed by atoms with Gasteiger partial charge < -0.3 is 9.63 Å². The van der Waals surface area contributed by atoms with Gasteiger partial charge in [0.1, 0.15) is 18.3 Å². The zero-order chi connectivity index (χ0) is 6.91. The molecule has 1 heterocycles. The lowest BCUT2D eigenvalue weighted by Gasteiger charge is -2.10. The van der Waals surface area contributed by atoms with Gasteiger partial charge in [-0.25, -0.2) is 0 Å². The molecule has 0 aromatic carbocycles. The molecule has 3 nitrogen and oxygen atoms in total. The van der Waals surface area contributed by atoms with Gasteiger partial charge in [0.15, 0.2) is 0 Å². The summed E-state index contributed by atoms with van der Waals surface area (Å²) in [5.41, 5.74) is 0.303. The summed E-state index contributed by atoms with van der Waals surface area (Å²) in [6.45, 7) is 4.00. The summed E-state index contributed by atoms with van der Waals surface area (Å²) in [4.78, 5) is 15.1. The molecule has 1 aliphatic heterocycles. The average molecular weight is 127 g/mol. The molecule has 9 heavy (non-hydrogen) atoms. The maximum atomic E-state index is 10.4. The van der Waals surface area contributed by atoms with Crippen LogP contribution in [0.3, 0.4) is 0 Å². The van der Waals surface area contributed by atoms with Crippen molar-refractivity contribution in [2.75, 3.05) is 6.61 Å². The van der Waals surface area contributed by atoms with Crippen molar-refractivity contribution in [1.82, 2.24) is 0 Å². The van der Waals surface area contributed by atoms with E-state index in [4.69, 9.17) is 4.84 Å². The number of hydrogen-bond acceptors (Lipinski definition) is 3. The molecule has 0 N–H and O–H groups in total. The Bertz CT molecular complexity index is 164. The largest absolute Gasteiger partial charge is 0.394 e. The number of aldehydes is 1. The van der Waals surface area contributed by atoms with E-state index in [-0.39, 0.29) is 0 Å². The third-order valence-corrected chi connectivity index (χ3v) is 1.65. The topological polar surface area (TPSA) is 38.7 Å². The highest BCUT2D eigenvalue weighted by molar-refractivity contribution is 6.00. The third kappa shape index (κ3) is 0.823. The Labute approximate surface area is 53.7 Å². The van der Waals surface area contributed by atoms with E-state index in [0.29, 0.717) is 6.61 Å². The summed E-state index contributed by atoms with van der Waals surface area (Å²) in [5.74, 6) is 0. The molecule has 1 unspecified atom stereocenters. The van der Waals surface area contributed by atoms with E-state index in [1.165, 1.54) is 0 Å². The molecule has 0 aromatic heterocycles. The van der Waals surface area contributed by atoms with Crippen molar-refractivity contribution in [2.45, 2.75) is 13.8 Å². The van der Waals surface area contributed by atoms with Crippen LogP contribution in [-0.4, -0.2) is 18.6 Å². The van der Waals surface area contributed by atoms with Crippen molar-refractivity contribution in [1.29, 1.82) is 0 Å². The molecule has 0 spiro atoms. The molecule has 0 saturated heterocycles. The number of oxime groups is 1. The zero-order valence-electron chi connectivity index (χ0n) is 5.55. The summed E-state index contributed by atoms with van der Waals surface area (Å²) < 4.78 is 0. The Hall–Kier alpha value is -0.860. The van der Waals surface area contributed by atoms with Gasteiger partial charge in [-0.15, -0.1) is 0 Å². The monoisotopic (exact) mass is 127 g/mol. The molecular formula is C6H9NO2. The highest BCUT2D eigenvalue weighted by Crippen LogP contribution is 2.21. The first kappa shape index (κ1) is 6.26. The van der Waals surface area contributed by atoms with Crippen LogP contribution in [0.15, 0.2) is 5.16 Å². The van der Waals surface area contributed by atoms with E-state index < -0.39 is 5.41 Å². The third-order valence-electron chi connectivity index (χ3n) is 1.65. The van der Waals surface area contributed by atoms with Gasteiger partial charge in [0.25, 0.3) is 0 Å². The molecule has 3 heteroatoms. The number of hydrogen-bond donors (Lipinski definition) is 0. The second-order valence-corrected chi connectivity index (χ2v) is 2.49. The lowest BCUT2D eigenvalue weighted by Crippen LogP contribution is -2.26. The van der Waals surface area contributed by atoms with Gasteiger partial charge in [0.05, 0.1) is 5.71 Å². The van der Waals surface area contributed by atoms with E-state index in [2.05, 4.69) is 5.16 Å². The highest BCUT2D eigenvalue weighted by Gasteiger charge is 2.33. The Morgan fingerprint density at radius 2 is 2.56 bits per heavy atom. The zero-order valence-corrected chi connectivity index (χ0v) is 5.55. The van der Waals surface area contributed by atoms with Crippen LogP contribution in [-0.2, 0) is 9.63 Å². The summed E-state index contributed by atoms with van der Waals surface area (Å²) in [6, 6.07) is 0. The molecule has 1 atom stereocenters. The van der Waals surface area contributed by atoms with E-state index in [9.17, 15) is 4.79 Å². The lowest BCUT2D eigenvalue weighted by atomic mass is 9.90. The average Bonchev–Trinajstić information content (AvgIpc) is 2.15. The van der Waals surface area contributed by atoms with E-state index >= 15 is 0 Å². The minimum absolute atomic E-state index is 0.391. The molecule has 50 valence electrons.